The zero-order valence-corrected chi connectivity index (χ0v) is 8.73. The van der Waals surface area contributed by atoms with E-state index in [0.29, 0.717) is 6.54 Å². The van der Waals surface area contributed by atoms with Crippen LogP contribution in [0.25, 0.3) is 0 Å². The Morgan fingerprint density at radius 2 is 2.58 bits per heavy atom. The Kier molecular flexibility index (Phi) is 3.29. The van der Waals surface area contributed by atoms with Gasteiger partial charge in [-0.25, -0.2) is 0 Å². The number of nitrogens with one attached hydrogen (secondary N) is 1. The average molecular weight is 233 g/mol. The first-order valence-electron chi connectivity index (χ1n) is 3.94. The van der Waals surface area contributed by atoms with Crippen LogP contribution in [0.4, 0.5) is 0 Å². The third kappa shape index (κ3) is 2.08. The molecule has 0 aromatic rings. The first-order valence-corrected chi connectivity index (χ1v) is 4.73. The predicted octanol–water partition coefficient (Wildman–Crippen LogP) is 0.715. The third-order valence-corrected chi connectivity index (χ3v) is 2.26. The van der Waals surface area contributed by atoms with Crippen LogP contribution in [0, 0.1) is 0 Å². The highest BCUT2D eigenvalue weighted by molar-refractivity contribution is 9.11. The van der Waals surface area contributed by atoms with Crippen LogP contribution in [-0.4, -0.2) is 37.0 Å². The van der Waals surface area contributed by atoms with Crippen molar-refractivity contribution < 1.29 is 4.79 Å². The Hall–Kier alpha value is -0.350. The van der Waals surface area contributed by atoms with Crippen molar-refractivity contribution in [3.05, 3.63) is 11.1 Å². The maximum Gasteiger partial charge on any atom is 0.240 e. The molecule has 1 fully saturated rings. The molecular weight excluding hydrogens is 220 g/mol. The molecule has 0 spiro atoms. The molecule has 0 bridgehead atoms. The molecule has 12 heavy (non-hydrogen) atoms. The number of hydrogen-bond donors (Lipinski definition) is 1. The largest absolute Gasteiger partial charge is 0.336 e. The van der Waals surface area contributed by atoms with Crippen molar-refractivity contribution in [1.82, 2.24) is 10.2 Å². The molecule has 1 N–H and O–H groups in total. The lowest BCUT2D eigenvalue weighted by Crippen LogP contribution is -2.36. The topological polar surface area (TPSA) is 32.3 Å². The minimum atomic E-state index is 0.0110. The van der Waals surface area contributed by atoms with Gasteiger partial charge in [0, 0.05) is 11.0 Å². The number of carbonyl (C=O) groups excluding carboxylic acids is 1. The molecule has 0 aromatic carbocycles. The zero-order chi connectivity index (χ0) is 9.14. The molecule has 1 unspecified atom stereocenters. The summed E-state index contributed by atoms with van der Waals surface area (Å²) in [5, 5.41) is 2.98. The molecule has 0 aliphatic carbocycles. The normalized spacial score (nSPS) is 23.3. The maximum atomic E-state index is 11.5. The lowest BCUT2D eigenvalue weighted by atomic mass is 10.3. The molecular formula is C8H13BrN2O. The lowest BCUT2D eigenvalue weighted by Gasteiger charge is -2.15. The first kappa shape index (κ1) is 9.74. The van der Waals surface area contributed by atoms with Crippen LogP contribution in [0.3, 0.4) is 0 Å². The van der Waals surface area contributed by atoms with Gasteiger partial charge in [0.05, 0.1) is 12.6 Å². The molecule has 1 heterocycles. The zero-order valence-electron chi connectivity index (χ0n) is 7.14. The SMILES string of the molecule is C=C(Br)CN1CCC(NC)C1=O. The summed E-state index contributed by atoms with van der Waals surface area (Å²) in [4.78, 5) is 13.3. The van der Waals surface area contributed by atoms with Crippen LogP contribution in [-0.2, 0) is 4.79 Å². The summed E-state index contributed by atoms with van der Waals surface area (Å²) in [6.45, 7) is 5.16. The van der Waals surface area contributed by atoms with Gasteiger partial charge in [0.25, 0.3) is 0 Å². The van der Waals surface area contributed by atoms with Crippen LogP contribution in [0.15, 0.2) is 11.1 Å². The summed E-state index contributed by atoms with van der Waals surface area (Å²) >= 11 is 3.24. The number of nitrogens with zero attached hydrogens (tertiary/aromatic N) is 1. The number of likely N-dealkylation sites (N-methyl/N-ethyl adjacent to an activating group) is 1. The molecule has 1 amide bonds. The molecule has 1 aliphatic rings. The van der Waals surface area contributed by atoms with Gasteiger partial charge in [0.1, 0.15) is 0 Å². The molecule has 1 saturated heterocycles. The van der Waals surface area contributed by atoms with Crippen LogP contribution >= 0.6 is 15.9 Å². The van der Waals surface area contributed by atoms with Gasteiger partial charge in [0.2, 0.25) is 5.91 Å². The molecule has 3 nitrogen and oxygen atoms in total. The monoisotopic (exact) mass is 232 g/mol. The van der Waals surface area contributed by atoms with E-state index in [-0.39, 0.29) is 11.9 Å². The summed E-state index contributed by atoms with van der Waals surface area (Å²) in [5.41, 5.74) is 0. The summed E-state index contributed by atoms with van der Waals surface area (Å²) < 4.78 is 0.854. The van der Waals surface area contributed by atoms with Crippen molar-refractivity contribution in [3.63, 3.8) is 0 Å². The number of carbonyl (C=O) groups is 1. The van der Waals surface area contributed by atoms with E-state index < -0.39 is 0 Å². The van der Waals surface area contributed by atoms with E-state index in [2.05, 4.69) is 27.8 Å². The predicted molar refractivity (Wildman–Crippen MR) is 52.1 cm³/mol. The Morgan fingerprint density at radius 1 is 1.92 bits per heavy atom. The molecule has 68 valence electrons. The summed E-state index contributed by atoms with van der Waals surface area (Å²) in [6, 6.07) is 0.0110. The highest BCUT2D eigenvalue weighted by Crippen LogP contribution is 2.14. The number of likely N-dealkylation sites (tertiary alicyclic amines) is 1. The van der Waals surface area contributed by atoms with E-state index in [1.165, 1.54) is 0 Å². The van der Waals surface area contributed by atoms with E-state index in [0.717, 1.165) is 17.4 Å². The van der Waals surface area contributed by atoms with Crippen molar-refractivity contribution in [2.45, 2.75) is 12.5 Å². The smallest absolute Gasteiger partial charge is 0.240 e. The first-order chi connectivity index (χ1) is 5.65. The van der Waals surface area contributed by atoms with E-state index in [4.69, 9.17) is 0 Å². The van der Waals surface area contributed by atoms with Gasteiger partial charge >= 0.3 is 0 Å². The van der Waals surface area contributed by atoms with Crippen molar-refractivity contribution in [2.75, 3.05) is 20.1 Å². The van der Waals surface area contributed by atoms with Gasteiger partial charge in [-0.2, -0.15) is 0 Å². The molecule has 1 atom stereocenters. The van der Waals surface area contributed by atoms with Gasteiger partial charge < -0.3 is 10.2 Å². The number of hydrogen-bond acceptors (Lipinski definition) is 2. The van der Waals surface area contributed by atoms with Crippen molar-refractivity contribution in [1.29, 1.82) is 0 Å². The number of halogens is 1. The summed E-state index contributed by atoms with van der Waals surface area (Å²) in [7, 11) is 1.81. The second-order valence-corrected chi connectivity index (χ2v) is 4.03. The molecule has 0 saturated carbocycles. The van der Waals surface area contributed by atoms with Gasteiger partial charge in [-0.1, -0.05) is 22.5 Å². The molecule has 4 heteroatoms. The minimum absolute atomic E-state index is 0.0110. The van der Waals surface area contributed by atoms with E-state index in [1.807, 2.05) is 7.05 Å². The minimum Gasteiger partial charge on any atom is -0.336 e. The van der Waals surface area contributed by atoms with Gasteiger partial charge in [-0.15, -0.1) is 0 Å². The van der Waals surface area contributed by atoms with E-state index in [1.54, 1.807) is 4.90 Å². The van der Waals surface area contributed by atoms with Crippen molar-refractivity contribution in [3.8, 4) is 0 Å². The third-order valence-electron chi connectivity index (χ3n) is 2.01. The Balaban J connectivity index is 2.49. The highest BCUT2D eigenvalue weighted by Gasteiger charge is 2.29. The van der Waals surface area contributed by atoms with E-state index >= 15 is 0 Å². The molecule has 1 aliphatic heterocycles. The summed E-state index contributed by atoms with van der Waals surface area (Å²) in [5.74, 6) is 0.179. The Labute approximate surface area is 80.9 Å². The fraction of sp³-hybridized carbons (Fsp3) is 0.625. The fourth-order valence-electron chi connectivity index (χ4n) is 1.37. The van der Waals surface area contributed by atoms with Gasteiger partial charge in [-0.3, -0.25) is 4.79 Å². The molecule has 1 rings (SSSR count). The average Bonchev–Trinajstić information content (AvgIpc) is 2.32. The Bertz CT molecular complexity index is 205. The van der Waals surface area contributed by atoms with Crippen LogP contribution in [0.5, 0.6) is 0 Å². The van der Waals surface area contributed by atoms with Gasteiger partial charge in [-0.05, 0) is 13.5 Å². The lowest BCUT2D eigenvalue weighted by molar-refractivity contribution is -0.128. The highest BCUT2D eigenvalue weighted by atomic mass is 79.9. The molecule has 0 radical (unpaired) electrons. The van der Waals surface area contributed by atoms with Crippen molar-refractivity contribution >= 4 is 21.8 Å². The fourth-order valence-corrected chi connectivity index (χ4v) is 1.67. The standard InChI is InChI=1S/C8H13BrN2O/c1-6(9)5-11-4-3-7(10-2)8(11)12/h7,10H,1,3-5H2,2H3. The van der Waals surface area contributed by atoms with Crippen molar-refractivity contribution in [2.24, 2.45) is 0 Å². The number of rotatable bonds is 3. The quantitative estimate of drug-likeness (QED) is 0.778. The molecule has 0 aromatic heterocycles. The second-order valence-electron chi connectivity index (χ2n) is 2.91. The van der Waals surface area contributed by atoms with E-state index in [9.17, 15) is 4.79 Å². The van der Waals surface area contributed by atoms with Crippen LogP contribution in [0.2, 0.25) is 0 Å². The second kappa shape index (κ2) is 4.05. The van der Waals surface area contributed by atoms with Gasteiger partial charge in [0.15, 0.2) is 0 Å². The van der Waals surface area contributed by atoms with Crippen LogP contribution in [0.1, 0.15) is 6.42 Å². The number of amides is 1. The van der Waals surface area contributed by atoms with Crippen LogP contribution < -0.4 is 5.32 Å². The Morgan fingerprint density at radius 3 is 3.00 bits per heavy atom. The summed E-state index contributed by atoms with van der Waals surface area (Å²) in [6.07, 6.45) is 0.898. The maximum absolute atomic E-state index is 11.5.